The summed E-state index contributed by atoms with van der Waals surface area (Å²) in [5, 5.41) is 15.9. The van der Waals surface area contributed by atoms with E-state index in [1.165, 1.54) is 0 Å². The third-order valence-electron chi connectivity index (χ3n) is 2.21. The number of carboxylic acids is 1. The van der Waals surface area contributed by atoms with Gasteiger partial charge in [0, 0.05) is 19.0 Å². The zero-order valence-electron chi connectivity index (χ0n) is 7.67. The van der Waals surface area contributed by atoms with Crippen LogP contribution in [-0.2, 0) is 11.8 Å². The molecule has 0 bridgehead atoms. The van der Waals surface area contributed by atoms with Crippen LogP contribution in [0.3, 0.4) is 0 Å². The lowest BCUT2D eigenvalue weighted by atomic mass is 10.3. The van der Waals surface area contributed by atoms with Crippen molar-refractivity contribution >= 4 is 17.7 Å². The first-order chi connectivity index (χ1) is 6.68. The molecular weight excluding hydrogens is 202 g/mol. The molecule has 2 rings (SSSR count). The highest BCUT2D eigenvalue weighted by atomic mass is 32.2. The number of aromatic nitrogens is 2. The van der Waals surface area contributed by atoms with E-state index in [4.69, 9.17) is 5.11 Å². The monoisotopic (exact) mass is 213 g/mol. The lowest BCUT2D eigenvalue weighted by molar-refractivity contribution is -0.138. The van der Waals surface area contributed by atoms with Gasteiger partial charge in [0.2, 0.25) is 0 Å². The van der Waals surface area contributed by atoms with Gasteiger partial charge in [-0.25, -0.2) is 0 Å². The van der Waals surface area contributed by atoms with E-state index < -0.39 is 12.0 Å². The second-order valence-electron chi connectivity index (χ2n) is 3.15. The first-order valence-corrected chi connectivity index (χ1v) is 5.31. The number of nitrogens with zero attached hydrogens (tertiary/aromatic N) is 2. The molecule has 0 aromatic carbocycles. The Balaban J connectivity index is 2.10. The van der Waals surface area contributed by atoms with Crippen molar-refractivity contribution < 1.29 is 9.90 Å². The van der Waals surface area contributed by atoms with Gasteiger partial charge in [-0.15, -0.1) is 11.8 Å². The zero-order valence-corrected chi connectivity index (χ0v) is 8.49. The van der Waals surface area contributed by atoms with Crippen molar-refractivity contribution in [3.63, 3.8) is 0 Å². The van der Waals surface area contributed by atoms with Gasteiger partial charge < -0.3 is 5.11 Å². The SMILES string of the molecule is Cn1nccc1[C@@H]1N[C@H](C(=O)O)CS1. The van der Waals surface area contributed by atoms with Crippen molar-refractivity contribution in [2.45, 2.75) is 11.4 Å². The molecule has 0 unspecified atom stereocenters. The predicted molar refractivity (Wildman–Crippen MR) is 53.0 cm³/mol. The summed E-state index contributed by atoms with van der Waals surface area (Å²) in [6, 6.07) is 1.45. The van der Waals surface area contributed by atoms with Crippen molar-refractivity contribution in [2.24, 2.45) is 7.05 Å². The average molecular weight is 213 g/mol. The molecule has 0 saturated carbocycles. The molecule has 1 saturated heterocycles. The number of nitrogens with one attached hydrogen (secondary N) is 1. The summed E-state index contributed by atoms with van der Waals surface area (Å²) in [4.78, 5) is 10.7. The quantitative estimate of drug-likeness (QED) is 0.735. The minimum Gasteiger partial charge on any atom is -0.480 e. The summed E-state index contributed by atoms with van der Waals surface area (Å²) in [5.74, 6) is -0.187. The van der Waals surface area contributed by atoms with Crippen LogP contribution in [0.4, 0.5) is 0 Å². The van der Waals surface area contributed by atoms with Gasteiger partial charge in [0.25, 0.3) is 0 Å². The number of aliphatic carboxylic acids is 1. The molecule has 5 nitrogen and oxygen atoms in total. The number of carboxylic acid groups (broad SMARTS) is 1. The van der Waals surface area contributed by atoms with Crippen LogP contribution in [0.2, 0.25) is 0 Å². The summed E-state index contributed by atoms with van der Waals surface area (Å²) < 4.78 is 1.76. The second kappa shape index (κ2) is 3.62. The van der Waals surface area contributed by atoms with Crippen molar-refractivity contribution in [3.05, 3.63) is 18.0 Å². The molecular formula is C8H11N3O2S. The number of hydrogen-bond acceptors (Lipinski definition) is 4. The average Bonchev–Trinajstić information content (AvgIpc) is 2.71. The molecule has 1 aromatic rings. The van der Waals surface area contributed by atoms with E-state index >= 15 is 0 Å². The number of carbonyl (C=O) groups is 1. The van der Waals surface area contributed by atoms with E-state index in [-0.39, 0.29) is 5.37 Å². The standard InChI is InChI=1S/C8H11N3O2S/c1-11-6(2-3-9-11)7-10-5(4-14-7)8(12)13/h2-3,5,7,10H,4H2,1H3,(H,12,13)/t5-,7+/m0/s1. The van der Waals surface area contributed by atoms with E-state index in [1.807, 2.05) is 13.1 Å². The predicted octanol–water partition coefficient (Wildman–Crippen LogP) is 0.208. The Morgan fingerprint density at radius 3 is 3.14 bits per heavy atom. The molecule has 0 aliphatic carbocycles. The van der Waals surface area contributed by atoms with Crippen molar-refractivity contribution in [3.8, 4) is 0 Å². The van der Waals surface area contributed by atoms with Crippen LogP contribution >= 0.6 is 11.8 Å². The van der Waals surface area contributed by atoms with E-state index in [0.717, 1.165) is 5.69 Å². The number of rotatable bonds is 2. The molecule has 2 heterocycles. The number of thioether (sulfide) groups is 1. The van der Waals surface area contributed by atoms with E-state index in [1.54, 1.807) is 22.6 Å². The van der Waals surface area contributed by atoms with E-state index in [0.29, 0.717) is 5.75 Å². The Labute approximate surface area is 85.5 Å². The summed E-state index contributed by atoms with van der Waals surface area (Å²) in [7, 11) is 1.85. The summed E-state index contributed by atoms with van der Waals surface area (Å²) >= 11 is 1.60. The summed E-state index contributed by atoms with van der Waals surface area (Å²) in [5.41, 5.74) is 1.01. The first-order valence-electron chi connectivity index (χ1n) is 4.27. The second-order valence-corrected chi connectivity index (χ2v) is 4.29. The molecule has 0 spiro atoms. The Kier molecular flexibility index (Phi) is 2.47. The lowest BCUT2D eigenvalue weighted by Gasteiger charge is -2.10. The fourth-order valence-electron chi connectivity index (χ4n) is 1.43. The van der Waals surface area contributed by atoms with Crippen LogP contribution in [-0.4, -0.2) is 32.7 Å². The third kappa shape index (κ3) is 1.62. The summed E-state index contributed by atoms with van der Waals surface area (Å²) in [6.45, 7) is 0. The maximum Gasteiger partial charge on any atom is 0.321 e. The Bertz CT molecular complexity index is 352. The van der Waals surface area contributed by atoms with Gasteiger partial charge in [-0.2, -0.15) is 5.10 Å². The highest BCUT2D eigenvalue weighted by Crippen LogP contribution is 2.32. The molecule has 1 fully saturated rings. The smallest absolute Gasteiger partial charge is 0.321 e. The topological polar surface area (TPSA) is 67.2 Å². The summed E-state index contributed by atoms with van der Waals surface area (Å²) in [6.07, 6.45) is 1.71. The molecule has 2 N–H and O–H groups in total. The Hall–Kier alpha value is -1.01. The first kappa shape index (κ1) is 9.54. The van der Waals surface area contributed by atoms with Gasteiger partial charge in [-0.3, -0.25) is 14.8 Å². The molecule has 76 valence electrons. The van der Waals surface area contributed by atoms with E-state index in [9.17, 15) is 4.79 Å². The van der Waals surface area contributed by atoms with Gasteiger partial charge in [0.05, 0.1) is 11.1 Å². The maximum atomic E-state index is 10.7. The van der Waals surface area contributed by atoms with Gasteiger partial charge in [0.1, 0.15) is 6.04 Å². The number of aryl methyl sites for hydroxylation is 1. The van der Waals surface area contributed by atoms with Crippen LogP contribution in [0, 0.1) is 0 Å². The van der Waals surface area contributed by atoms with Crippen molar-refractivity contribution in [2.75, 3.05) is 5.75 Å². The molecule has 0 amide bonds. The van der Waals surface area contributed by atoms with Crippen LogP contribution in [0.15, 0.2) is 12.3 Å². The van der Waals surface area contributed by atoms with Gasteiger partial charge in [-0.1, -0.05) is 0 Å². The largest absolute Gasteiger partial charge is 0.480 e. The molecule has 1 aromatic heterocycles. The molecule has 2 atom stereocenters. The normalized spacial score (nSPS) is 26.6. The minimum absolute atomic E-state index is 0.0450. The highest BCUT2D eigenvalue weighted by molar-refractivity contribution is 7.99. The molecule has 1 aliphatic rings. The minimum atomic E-state index is -0.790. The molecule has 14 heavy (non-hydrogen) atoms. The fourth-order valence-corrected chi connectivity index (χ4v) is 2.71. The van der Waals surface area contributed by atoms with Crippen LogP contribution in [0.25, 0.3) is 0 Å². The van der Waals surface area contributed by atoms with Crippen molar-refractivity contribution in [1.29, 1.82) is 0 Å². The van der Waals surface area contributed by atoms with Crippen LogP contribution < -0.4 is 5.32 Å². The number of hydrogen-bond donors (Lipinski definition) is 2. The van der Waals surface area contributed by atoms with Gasteiger partial charge in [0.15, 0.2) is 0 Å². The zero-order chi connectivity index (χ0) is 10.1. The van der Waals surface area contributed by atoms with Gasteiger partial charge >= 0.3 is 5.97 Å². The van der Waals surface area contributed by atoms with Crippen LogP contribution in [0.1, 0.15) is 11.1 Å². The fraction of sp³-hybridized carbons (Fsp3) is 0.500. The molecule has 1 aliphatic heterocycles. The third-order valence-corrected chi connectivity index (χ3v) is 3.44. The highest BCUT2D eigenvalue weighted by Gasteiger charge is 2.31. The van der Waals surface area contributed by atoms with Gasteiger partial charge in [-0.05, 0) is 6.07 Å². The van der Waals surface area contributed by atoms with Crippen LogP contribution in [0.5, 0.6) is 0 Å². The lowest BCUT2D eigenvalue weighted by Crippen LogP contribution is -2.34. The molecule has 0 radical (unpaired) electrons. The van der Waals surface area contributed by atoms with E-state index in [2.05, 4.69) is 10.4 Å². The van der Waals surface area contributed by atoms with Crippen molar-refractivity contribution in [1.82, 2.24) is 15.1 Å². The Morgan fingerprint density at radius 1 is 1.86 bits per heavy atom. The molecule has 6 heteroatoms. The Morgan fingerprint density at radius 2 is 2.64 bits per heavy atom. The maximum absolute atomic E-state index is 10.7.